The molecule has 0 amide bonds. The van der Waals surface area contributed by atoms with Gasteiger partial charge in [-0.25, -0.2) is 0 Å². The van der Waals surface area contributed by atoms with Crippen LogP contribution >= 0.6 is 15.9 Å². The maximum atomic E-state index is 5.91. The van der Waals surface area contributed by atoms with Crippen molar-refractivity contribution in [3.05, 3.63) is 34.6 Å². The highest BCUT2D eigenvalue weighted by Gasteiger charge is 2.15. The number of halogens is 1. The second-order valence-electron chi connectivity index (χ2n) is 3.85. The van der Waals surface area contributed by atoms with Gasteiger partial charge in [-0.3, -0.25) is 0 Å². The summed E-state index contributed by atoms with van der Waals surface area (Å²) in [5.41, 5.74) is 6.81. The molecule has 0 saturated heterocycles. The summed E-state index contributed by atoms with van der Waals surface area (Å²) in [6.07, 6.45) is 0.651. The van der Waals surface area contributed by atoms with Crippen molar-refractivity contribution in [1.29, 1.82) is 0 Å². The van der Waals surface area contributed by atoms with Crippen LogP contribution in [0.2, 0.25) is 0 Å². The van der Waals surface area contributed by atoms with Crippen molar-refractivity contribution in [1.82, 2.24) is 10.1 Å². The van der Waals surface area contributed by atoms with Crippen LogP contribution in [-0.4, -0.2) is 23.9 Å². The largest absolute Gasteiger partial charge is 0.385 e. The zero-order chi connectivity index (χ0) is 13.0. The van der Waals surface area contributed by atoms with Gasteiger partial charge >= 0.3 is 0 Å². The Hall–Kier alpha value is -1.24. The predicted octanol–water partition coefficient (Wildman–Crippen LogP) is 2.54. The number of hydrogen-bond donors (Lipinski definition) is 1. The van der Waals surface area contributed by atoms with Crippen LogP contribution in [0.1, 0.15) is 18.4 Å². The van der Waals surface area contributed by atoms with Gasteiger partial charge in [0.1, 0.15) is 0 Å². The fourth-order valence-corrected chi connectivity index (χ4v) is 1.73. The first-order valence-corrected chi connectivity index (χ1v) is 6.34. The lowest BCUT2D eigenvalue weighted by molar-refractivity contribution is 0.182. The number of hydrogen-bond acceptors (Lipinski definition) is 5. The van der Waals surface area contributed by atoms with Crippen LogP contribution in [0, 0.1) is 0 Å². The van der Waals surface area contributed by atoms with E-state index >= 15 is 0 Å². The molecule has 1 heterocycles. The maximum Gasteiger partial charge on any atom is 0.243 e. The van der Waals surface area contributed by atoms with Gasteiger partial charge in [0.15, 0.2) is 0 Å². The minimum Gasteiger partial charge on any atom is -0.385 e. The topological polar surface area (TPSA) is 74.2 Å². The van der Waals surface area contributed by atoms with Crippen molar-refractivity contribution in [2.45, 2.75) is 12.5 Å². The molecule has 1 atom stereocenters. The van der Waals surface area contributed by atoms with E-state index in [4.69, 9.17) is 15.0 Å². The van der Waals surface area contributed by atoms with Gasteiger partial charge in [-0.2, -0.15) is 4.98 Å². The lowest BCUT2D eigenvalue weighted by Crippen LogP contribution is -2.12. The van der Waals surface area contributed by atoms with E-state index < -0.39 is 0 Å². The van der Waals surface area contributed by atoms with E-state index in [1.165, 1.54) is 0 Å². The monoisotopic (exact) mass is 311 g/mol. The molecule has 96 valence electrons. The molecule has 0 saturated carbocycles. The Kier molecular flexibility index (Phi) is 4.46. The molecule has 0 bridgehead atoms. The van der Waals surface area contributed by atoms with Gasteiger partial charge in [-0.1, -0.05) is 21.1 Å². The average Bonchev–Trinajstić information content (AvgIpc) is 2.86. The number of nitrogens with two attached hydrogens (primary N) is 1. The molecule has 6 heteroatoms. The van der Waals surface area contributed by atoms with Crippen molar-refractivity contribution < 1.29 is 9.26 Å². The molecule has 2 N–H and O–H groups in total. The third kappa shape index (κ3) is 3.16. The first-order chi connectivity index (χ1) is 8.70. The van der Waals surface area contributed by atoms with Crippen LogP contribution in [0.5, 0.6) is 0 Å². The van der Waals surface area contributed by atoms with Gasteiger partial charge in [0, 0.05) is 23.8 Å². The van der Waals surface area contributed by atoms with Crippen LogP contribution in [0.25, 0.3) is 11.4 Å². The Morgan fingerprint density at radius 2 is 2.11 bits per heavy atom. The zero-order valence-corrected chi connectivity index (χ0v) is 11.6. The molecule has 2 rings (SSSR count). The van der Waals surface area contributed by atoms with Crippen molar-refractivity contribution in [3.63, 3.8) is 0 Å². The summed E-state index contributed by atoms with van der Waals surface area (Å²) in [4.78, 5) is 4.29. The van der Waals surface area contributed by atoms with Crippen LogP contribution in [0.15, 0.2) is 33.3 Å². The van der Waals surface area contributed by atoms with E-state index in [1.54, 1.807) is 7.11 Å². The van der Waals surface area contributed by atoms with Crippen LogP contribution in [0.3, 0.4) is 0 Å². The molecule has 1 unspecified atom stereocenters. The molecular weight excluding hydrogens is 298 g/mol. The molecule has 0 spiro atoms. The minimum absolute atomic E-state index is 0.290. The van der Waals surface area contributed by atoms with Crippen LogP contribution in [-0.2, 0) is 4.74 Å². The van der Waals surface area contributed by atoms with Gasteiger partial charge in [0.2, 0.25) is 11.7 Å². The molecule has 2 aromatic rings. The van der Waals surface area contributed by atoms with E-state index in [1.807, 2.05) is 24.3 Å². The van der Waals surface area contributed by atoms with Gasteiger partial charge in [0.25, 0.3) is 0 Å². The number of ether oxygens (including phenoxy) is 1. The predicted molar refractivity (Wildman–Crippen MR) is 70.9 cm³/mol. The summed E-state index contributed by atoms with van der Waals surface area (Å²) in [6.45, 7) is 0.567. The summed E-state index contributed by atoms with van der Waals surface area (Å²) in [6, 6.07) is 7.40. The smallest absolute Gasteiger partial charge is 0.243 e. The number of methoxy groups -OCH3 is 1. The number of nitrogens with zero attached hydrogens (tertiary/aromatic N) is 2. The number of benzene rings is 1. The Morgan fingerprint density at radius 3 is 2.78 bits per heavy atom. The molecular formula is C12H14BrN3O2. The van der Waals surface area contributed by atoms with E-state index in [9.17, 15) is 0 Å². The molecule has 0 radical (unpaired) electrons. The van der Waals surface area contributed by atoms with E-state index in [0.29, 0.717) is 24.7 Å². The first-order valence-electron chi connectivity index (χ1n) is 5.55. The van der Waals surface area contributed by atoms with Crippen LogP contribution in [0.4, 0.5) is 0 Å². The second-order valence-corrected chi connectivity index (χ2v) is 4.77. The Labute approximate surface area is 113 Å². The molecule has 0 aliphatic heterocycles. The summed E-state index contributed by atoms with van der Waals surface area (Å²) in [7, 11) is 1.63. The lowest BCUT2D eigenvalue weighted by atomic mass is 10.2. The average molecular weight is 312 g/mol. The van der Waals surface area contributed by atoms with Crippen molar-refractivity contribution in [2.24, 2.45) is 5.73 Å². The Morgan fingerprint density at radius 1 is 1.39 bits per heavy atom. The highest BCUT2D eigenvalue weighted by molar-refractivity contribution is 9.10. The lowest BCUT2D eigenvalue weighted by Gasteiger charge is -2.04. The summed E-state index contributed by atoms with van der Waals surface area (Å²) >= 11 is 3.38. The van der Waals surface area contributed by atoms with Gasteiger partial charge < -0.3 is 15.0 Å². The van der Waals surface area contributed by atoms with Crippen LogP contribution < -0.4 is 5.73 Å². The van der Waals surface area contributed by atoms with Crippen molar-refractivity contribution in [2.75, 3.05) is 13.7 Å². The summed E-state index contributed by atoms with van der Waals surface area (Å²) in [5, 5.41) is 3.92. The third-order valence-corrected chi connectivity index (χ3v) is 3.02. The van der Waals surface area contributed by atoms with Gasteiger partial charge in [-0.15, -0.1) is 0 Å². The normalized spacial score (nSPS) is 12.6. The van der Waals surface area contributed by atoms with Crippen molar-refractivity contribution in [3.8, 4) is 11.4 Å². The molecule has 0 aliphatic rings. The summed E-state index contributed by atoms with van der Waals surface area (Å²) in [5.74, 6) is 0.982. The Balaban J connectivity index is 2.12. The SMILES string of the molecule is COCCC(N)c1nc(-c2ccc(Br)cc2)no1. The number of aromatic nitrogens is 2. The standard InChI is InChI=1S/C12H14BrN3O2/c1-17-7-6-10(14)12-15-11(16-18-12)8-2-4-9(13)5-3-8/h2-5,10H,6-7,14H2,1H3. The fourth-order valence-electron chi connectivity index (χ4n) is 1.47. The number of rotatable bonds is 5. The fraction of sp³-hybridized carbons (Fsp3) is 0.333. The Bertz CT molecular complexity index is 498. The molecule has 1 aromatic carbocycles. The van der Waals surface area contributed by atoms with E-state index in [2.05, 4.69) is 26.1 Å². The molecule has 18 heavy (non-hydrogen) atoms. The molecule has 5 nitrogen and oxygen atoms in total. The minimum atomic E-state index is -0.290. The van der Waals surface area contributed by atoms with E-state index in [0.717, 1.165) is 10.0 Å². The zero-order valence-electron chi connectivity index (χ0n) is 9.97. The highest BCUT2D eigenvalue weighted by Crippen LogP contribution is 2.21. The van der Waals surface area contributed by atoms with Gasteiger partial charge in [-0.05, 0) is 30.7 Å². The van der Waals surface area contributed by atoms with Crippen molar-refractivity contribution >= 4 is 15.9 Å². The second kappa shape index (κ2) is 6.08. The molecule has 1 aromatic heterocycles. The third-order valence-electron chi connectivity index (χ3n) is 2.49. The van der Waals surface area contributed by atoms with Gasteiger partial charge in [0.05, 0.1) is 6.04 Å². The molecule has 0 fully saturated rings. The summed E-state index contributed by atoms with van der Waals surface area (Å²) < 4.78 is 11.1. The first kappa shape index (κ1) is 13.2. The quantitative estimate of drug-likeness (QED) is 0.918. The van der Waals surface area contributed by atoms with E-state index in [-0.39, 0.29) is 6.04 Å². The highest BCUT2D eigenvalue weighted by atomic mass is 79.9. The molecule has 0 aliphatic carbocycles. The maximum absolute atomic E-state index is 5.91.